The first kappa shape index (κ1) is 20.1. The summed E-state index contributed by atoms with van der Waals surface area (Å²) in [7, 11) is -0.587. The van der Waals surface area contributed by atoms with Gasteiger partial charge >= 0.3 is 8.03 Å². The van der Waals surface area contributed by atoms with Crippen molar-refractivity contribution in [3.05, 3.63) is 83.8 Å². The molecule has 0 radical (unpaired) electrons. The van der Waals surface area contributed by atoms with Crippen LogP contribution in [0.3, 0.4) is 0 Å². The Morgan fingerprint density at radius 1 is 1.11 bits per heavy atom. The highest BCUT2D eigenvalue weighted by Gasteiger charge is 2.30. The Hall–Kier alpha value is -2.68. The molecule has 0 fully saturated rings. The summed E-state index contributed by atoms with van der Waals surface area (Å²) in [6.45, 7) is 3.97. The topological polar surface area (TPSA) is 39.2 Å². The highest BCUT2D eigenvalue weighted by Crippen LogP contribution is 2.46. The van der Waals surface area contributed by atoms with Crippen molar-refractivity contribution in [3.8, 4) is 22.4 Å². The van der Waals surface area contributed by atoms with Gasteiger partial charge in [-0.05, 0) is 47.2 Å². The van der Waals surface area contributed by atoms with Gasteiger partial charge in [-0.15, -0.1) is 4.52 Å². The van der Waals surface area contributed by atoms with Gasteiger partial charge < -0.3 is 0 Å². The van der Waals surface area contributed by atoms with E-state index < -0.39 is 8.03 Å². The number of halogens is 1. The van der Waals surface area contributed by atoms with Gasteiger partial charge in [0, 0.05) is 17.3 Å². The Morgan fingerprint density at radius 2 is 1.79 bits per heavy atom. The van der Waals surface area contributed by atoms with E-state index in [1.807, 2.05) is 50.3 Å². The predicted molar refractivity (Wildman–Crippen MR) is 113 cm³/mol. The minimum atomic E-state index is -2.02. The fraction of sp³-hybridized carbons (Fsp3) is 0.174. The molecule has 142 valence electrons. The molecule has 0 saturated carbocycles. The van der Waals surface area contributed by atoms with Crippen LogP contribution in [0.4, 0.5) is 4.39 Å². The second kappa shape index (κ2) is 9.01. The number of nitrogens with zero attached hydrogens (tertiary/aromatic N) is 1. The molecule has 0 bridgehead atoms. The van der Waals surface area contributed by atoms with Gasteiger partial charge in [-0.1, -0.05) is 49.4 Å². The van der Waals surface area contributed by atoms with Crippen molar-refractivity contribution in [1.82, 2.24) is 4.98 Å². The molecule has 3 rings (SSSR count). The van der Waals surface area contributed by atoms with Crippen LogP contribution in [-0.2, 0) is 9.09 Å². The molecule has 0 amide bonds. The average molecular weight is 394 g/mol. The number of benzene rings is 2. The van der Waals surface area contributed by atoms with Crippen molar-refractivity contribution in [2.75, 3.05) is 7.11 Å². The third kappa shape index (κ3) is 4.09. The molecular formula is C23H22FNO2P+. The third-order valence-corrected chi connectivity index (χ3v) is 5.69. The van der Waals surface area contributed by atoms with Crippen LogP contribution in [0.5, 0.6) is 0 Å². The van der Waals surface area contributed by atoms with Crippen molar-refractivity contribution in [2.45, 2.75) is 20.3 Å². The minimum Gasteiger partial charge on any atom is -0.255 e. The molecule has 0 saturated heterocycles. The second-order valence-electron chi connectivity index (χ2n) is 6.33. The van der Waals surface area contributed by atoms with Gasteiger partial charge in [0.15, 0.2) is 0 Å². The van der Waals surface area contributed by atoms with Crippen molar-refractivity contribution < 1.29 is 13.5 Å². The maximum absolute atomic E-state index is 13.5. The molecule has 28 heavy (non-hydrogen) atoms. The molecule has 3 aromatic rings. The van der Waals surface area contributed by atoms with Gasteiger partial charge in [-0.2, -0.15) is 0 Å². The Morgan fingerprint density at radius 3 is 2.39 bits per heavy atom. The van der Waals surface area contributed by atoms with Gasteiger partial charge in [0.25, 0.3) is 0 Å². The number of allylic oxidation sites excluding steroid dienone is 1. The average Bonchev–Trinajstić information content (AvgIpc) is 2.73. The molecule has 2 aromatic carbocycles. The summed E-state index contributed by atoms with van der Waals surface area (Å²) >= 11 is 0. The fourth-order valence-corrected chi connectivity index (χ4v) is 4.15. The molecule has 1 unspecified atom stereocenters. The molecule has 3 nitrogen and oxygen atoms in total. The van der Waals surface area contributed by atoms with E-state index in [4.69, 9.17) is 4.52 Å². The van der Waals surface area contributed by atoms with Crippen LogP contribution in [0.1, 0.15) is 24.5 Å². The standard InChI is InChI=1S/C23H22FNO2P/c1-4-8-21(28(26)27-3)20-15-25-23(18-9-6-5-7-10-18)16(2)22(20)17-11-13-19(24)14-12-17/h5-15H,4H2,1-3H3/q+1. The van der Waals surface area contributed by atoms with Crippen LogP contribution in [0.25, 0.3) is 27.7 Å². The minimum absolute atomic E-state index is 0.299. The number of rotatable bonds is 6. The third-order valence-electron chi connectivity index (χ3n) is 4.54. The zero-order valence-corrected chi connectivity index (χ0v) is 17.0. The molecule has 0 aliphatic rings. The summed E-state index contributed by atoms with van der Waals surface area (Å²) in [4.78, 5) is 4.67. The molecular weight excluding hydrogens is 372 g/mol. The van der Waals surface area contributed by atoms with Crippen molar-refractivity contribution in [2.24, 2.45) is 0 Å². The van der Waals surface area contributed by atoms with Gasteiger partial charge in [0.2, 0.25) is 5.31 Å². The Kier molecular flexibility index (Phi) is 6.45. The smallest absolute Gasteiger partial charge is 0.255 e. The van der Waals surface area contributed by atoms with E-state index in [1.54, 1.807) is 18.3 Å². The normalized spacial score (nSPS) is 12.1. The quantitative estimate of drug-likeness (QED) is 0.422. The highest BCUT2D eigenvalue weighted by molar-refractivity contribution is 7.51. The number of pyridine rings is 1. The number of hydrogen-bond donors (Lipinski definition) is 0. The van der Waals surface area contributed by atoms with Crippen LogP contribution in [0.2, 0.25) is 0 Å². The van der Waals surface area contributed by atoms with Gasteiger partial charge in [-0.25, -0.2) is 4.39 Å². The summed E-state index contributed by atoms with van der Waals surface area (Å²) < 4.78 is 31.2. The molecule has 1 atom stereocenters. The molecule has 1 aromatic heterocycles. The van der Waals surface area contributed by atoms with Crippen LogP contribution in [0.15, 0.2) is 66.9 Å². The summed E-state index contributed by atoms with van der Waals surface area (Å²) in [6, 6.07) is 16.2. The lowest BCUT2D eigenvalue weighted by molar-refractivity contribution is 0.424. The zero-order chi connectivity index (χ0) is 20.1. The van der Waals surface area contributed by atoms with E-state index in [-0.39, 0.29) is 5.82 Å². The lowest BCUT2D eigenvalue weighted by atomic mass is 9.92. The lowest BCUT2D eigenvalue weighted by Gasteiger charge is -2.15. The fourth-order valence-electron chi connectivity index (χ4n) is 3.26. The van der Waals surface area contributed by atoms with Gasteiger partial charge in [-0.3, -0.25) is 4.98 Å². The Bertz CT molecular complexity index is 1010. The monoisotopic (exact) mass is 394 g/mol. The van der Waals surface area contributed by atoms with Crippen LogP contribution in [0, 0.1) is 12.7 Å². The summed E-state index contributed by atoms with van der Waals surface area (Å²) in [5, 5.41) is 0.606. The van der Waals surface area contributed by atoms with Gasteiger partial charge in [0.1, 0.15) is 5.82 Å². The summed E-state index contributed by atoms with van der Waals surface area (Å²) in [5.41, 5.74) is 5.24. The predicted octanol–water partition coefficient (Wildman–Crippen LogP) is 7.00. The van der Waals surface area contributed by atoms with E-state index in [2.05, 4.69) is 4.98 Å². The maximum atomic E-state index is 13.5. The number of hydrogen-bond acceptors (Lipinski definition) is 3. The first-order valence-electron chi connectivity index (χ1n) is 9.09. The Labute approximate surface area is 165 Å². The maximum Gasteiger partial charge on any atom is 0.548 e. The van der Waals surface area contributed by atoms with E-state index in [0.717, 1.165) is 33.5 Å². The first-order chi connectivity index (χ1) is 13.6. The van der Waals surface area contributed by atoms with Crippen LogP contribution in [-0.4, -0.2) is 12.1 Å². The van der Waals surface area contributed by atoms with E-state index in [1.165, 1.54) is 19.2 Å². The second-order valence-corrected chi connectivity index (χ2v) is 7.69. The summed E-state index contributed by atoms with van der Waals surface area (Å²) in [6.07, 6.45) is 4.34. The van der Waals surface area contributed by atoms with Crippen LogP contribution < -0.4 is 0 Å². The SMILES string of the molecule is CCC=C(c1cnc(-c2ccccc2)c(C)c1-c1ccc(F)cc1)[P+](=O)OC. The first-order valence-corrected chi connectivity index (χ1v) is 10.3. The van der Waals surface area contributed by atoms with Crippen molar-refractivity contribution in [1.29, 1.82) is 0 Å². The molecule has 0 N–H and O–H groups in total. The summed E-state index contributed by atoms with van der Waals surface area (Å²) in [5.74, 6) is -0.299. The molecule has 0 aliphatic carbocycles. The van der Waals surface area contributed by atoms with E-state index in [0.29, 0.717) is 11.7 Å². The molecule has 5 heteroatoms. The zero-order valence-electron chi connectivity index (χ0n) is 16.1. The highest BCUT2D eigenvalue weighted by atomic mass is 31.1. The van der Waals surface area contributed by atoms with E-state index >= 15 is 0 Å². The molecule has 0 aliphatic heterocycles. The molecule has 1 heterocycles. The number of aromatic nitrogens is 1. The lowest BCUT2D eigenvalue weighted by Crippen LogP contribution is -1.98. The van der Waals surface area contributed by atoms with Crippen molar-refractivity contribution in [3.63, 3.8) is 0 Å². The van der Waals surface area contributed by atoms with Crippen molar-refractivity contribution >= 4 is 13.3 Å². The van der Waals surface area contributed by atoms with E-state index in [9.17, 15) is 8.96 Å². The van der Waals surface area contributed by atoms with Gasteiger partial charge in [0.05, 0.1) is 18.4 Å². The van der Waals surface area contributed by atoms with Crippen LogP contribution >= 0.6 is 8.03 Å². The Balaban J connectivity index is 2.31. The largest absolute Gasteiger partial charge is 0.548 e. The molecule has 0 spiro atoms.